The second-order valence-corrected chi connectivity index (χ2v) is 10.7. The van der Waals surface area contributed by atoms with E-state index in [-0.39, 0.29) is 28.4 Å². The Balaban J connectivity index is 1.89. The van der Waals surface area contributed by atoms with E-state index < -0.39 is 27.9 Å². The van der Waals surface area contributed by atoms with Crippen molar-refractivity contribution >= 4 is 27.0 Å². The molecule has 0 amide bonds. The van der Waals surface area contributed by atoms with E-state index in [1.54, 1.807) is 17.5 Å². The molecule has 11 heteroatoms. The molecule has 0 bridgehead atoms. The van der Waals surface area contributed by atoms with Gasteiger partial charge in [-0.05, 0) is 43.0 Å². The first kappa shape index (κ1) is 24.5. The molecule has 1 aliphatic rings. The minimum Gasteiger partial charge on any atom is -0.381 e. The van der Waals surface area contributed by atoms with Crippen LogP contribution >= 0.6 is 11.3 Å². The molecule has 1 aromatic carbocycles. The molecule has 174 valence electrons. The van der Waals surface area contributed by atoms with Gasteiger partial charge in [0.15, 0.2) is 5.60 Å². The van der Waals surface area contributed by atoms with Gasteiger partial charge in [0.25, 0.3) is 10.0 Å². The van der Waals surface area contributed by atoms with Gasteiger partial charge in [-0.25, -0.2) is 8.42 Å². The number of nitrogens with zero attached hydrogens (tertiary/aromatic N) is 2. The number of aliphatic hydroxyl groups is 2. The lowest BCUT2D eigenvalue weighted by molar-refractivity contribution is -0.258. The lowest BCUT2D eigenvalue weighted by Crippen LogP contribution is -2.48. The number of hydrogen-bond acceptors (Lipinski definition) is 6. The first-order valence-corrected chi connectivity index (χ1v) is 12.1. The molecular formula is C21H23F3N2O4S2. The van der Waals surface area contributed by atoms with E-state index in [9.17, 15) is 31.8 Å². The van der Waals surface area contributed by atoms with Crippen molar-refractivity contribution in [2.24, 2.45) is 0 Å². The van der Waals surface area contributed by atoms with Gasteiger partial charge in [0.2, 0.25) is 0 Å². The highest BCUT2D eigenvalue weighted by Gasteiger charge is 2.51. The second-order valence-electron chi connectivity index (χ2n) is 7.57. The number of anilines is 1. The molecule has 1 fully saturated rings. The zero-order chi connectivity index (χ0) is 23.7. The fourth-order valence-electron chi connectivity index (χ4n) is 3.27. The minimum absolute atomic E-state index is 0.200. The third-order valence-corrected chi connectivity index (χ3v) is 8.47. The number of piperazine rings is 1. The Morgan fingerprint density at radius 3 is 2.34 bits per heavy atom. The third-order valence-electron chi connectivity index (χ3n) is 5.19. The van der Waals surface area contributed by atoms with Crippen molar-refractivity contribution < 1.29 is 31.8 Å². The standard InChI is InChI=1S/C21H23F3N2O4S2/c1-15(27)5-6-16-14-17(20(2,28)21(22,23)24)7-8-18(16)25-9-11-26(12-10-25)32(29,30)19-4-3-13-31-19/h3-4,7-8,13-15,27-28H,9-12H2,1-2H3/t15-,20?/m0/s1. The quantitative estimate of drug-likeness (QED) is 0.647. The Hall–Kier alpha value is -2.10. The summed E-state index contributed by atoms with van der Waals surface area (Å²) < 4.78 is 66.9. The summed E-state index contributed by atoms with van der Waals surface area (Å²) >= 11 is 1.14. The van der Waals surface area contributed by atoms with E-state index in [0.717, 1.165) is 17.4 Å². The number of rotatable bonds is 4. The molecule has 1 aliphatic heterocycles. The minimum atomic E-state index is -4.88. The fraction of sp³-hybridized carbons (Fsp3) is 0.429. The normalized spacial score (nSPS) is 18.5. The zero-order valence-corrected chi connectivity index (χ0v) is 19.1. The zero-order valence-electron chi connectivity index (χ0n) is 17.4. The summed E-state index contributed by atoms with van der Waals surface area (Å²) in [4.78, 5) is 1.83. The van der Waals surface area contributed by atoms with Crippen LogP contribution in [0, 0.1) is 11.8 Å². The molecule has 1 saturated heterocycles. The van der Waals surface area contributed by atoms with Crippen LogP contribution in [0.2, 0.25) is 0 Å². The SMILES string of the molecule is C[C@H](O)C#Cc1cc(C(C)(O)C(F)(F)F)ccc1N1CCN(S(=O)(=O)c2cccs2)CC1. The van der Waals surface area contributed by atoms with E-state index >= 15 is 0 Å². The van der Waals surface area contributed by atoms with Crippen LogP contribution in [0.1, 0.15) is 25.0 Å². The number of hydrogen-bond donors (Lipinski definition) is 2. The van der Waals surface area contributed by atoms with E-state index in [1.165, 1.54) is 23.4 Å². The maximum atomic E-state index is 13.3. The Morgan fingerprint density at radius 1 is 1.16 bits per heavy atom. The Bertz CT molecular complexity index is 1110. The molecule has 1 unspecified atom stereocenters. The van der Waals surface area contributed by atoms with Crippen LogP contribution in [0.3, 0.4) is 0 Å². The molecule has 3 rings (SSSR count). The van der Waals surface area contributed by atoms with Crippen LogP contribution in [0.25, 0.3) is 0 Å². The molecule has 6 nitrogen and oxygen atoms in total. The predicted octanol–water partition coefficient (Wildman–Crippen LogP) is 2.76. The van der Waals surface area contributed by atoms with Gasteiger partial charge < -0.3 is 15.1 Å². The second kappa shape index (κ2) is 9.03. The molecule has 2 atom stereocenters. The lowest BCUT2D eigenvalue weighted by Gasteiger charge is -2.36. The van der Waals surface area contributed by atoms with Gasteiger partial charge >= 0.3 is 6.18 Å². The number of thiophene rings is 1. The van der Waals surface area contributed by atoms with Crippen molar-refractivity contribution in [1.82, 2.24) is 4.31 Å². The van der Waals surface area contributed by atoms with Crippen molar-refractivity contribution in [3.05, 3.63) is 46.8 Å². The highest BCUT2D eigenvalue weighted by Crippen LogP contribution is 2.40. The number of halogens is 3. The number of aliphatic hydroxyl groups excluding tert-OH is 1. The van der Waals surface area contributed by atoms with Gasteiger partial charge in [0.1, 0.15) is 10.3 Å². The van der Waals surface area contributed by atoms with Gasteiger partial charge in [-0.2, -0.15) is 17.5 Å². The Morgan fingerprint density at radius 2 is 1.81 bits per heavy atom. The van der Waals surface area contributed by atoms with Crippen molar-refractivity contribution in [2.75, 3.05) is 31.1 Å². The molecule has 2 aromatic rings. The molecule has 0 spiro atoms. The summed E-state index contributed by atoms with van der Waals surface area (Å²) in [6.45, 7) is 3.11. The summed E-state index contributed by atoms with van der Waals surface area (Å²) in [5, 5.41) is 21.2. The average Bonchev–Trinajstić information content (AvgIpc) is 3.27. The maximum Gasteiger partial charge on any atom is 0.421 e. The van der Waals surface area contributed by atoms with Gasteiger partial charge in [-0.15, -0.1) is 11.3 Å². The van der Waals surface area contributed by atoms with E-state index in [2.05, 4.69) is 11.8 Å². The smallest absolute Gasteiger partial charge is 0.381 e. The average molecular weight is 489 g/mol. The maximum absolute atomic E-state index is 13.3. The Labute approximate surface area is 189 Å². The topological polar surface area (TPSA) is 81.1 Å². The predicted molar refractivity (Wildman–Crippen MR) is 116 cm³/mol. The fourth-order valence-corrected chi connectivity index (χ4v) is 5.83. The largest absolute Gasteiger partial charge is 0.421 e. The highest BCUT2D eigenvalue weighted by atomic mass is 32.2. The lowest BCUT2D eigenvalue weighted by atomic mass is 9.93. The number of benzene rings is 1. The molecule has 2 heterocycles. The molecule has 1 aromatic heterocycles. The monoisotopic (exact) mass is 488 g/mol. The van der Waals surface area contributed by atoms with Gasteiger partial charge in [0, 0.05) is 31.7 Å². The van der Waals surface area contributed by atoms with Crippen molar-refractivity contribution in [3.8, 4) is 11.8 Å². The third kappa shape index (κ3) is 4.94. The number of sulfonamides is 1. The highest BCUT2D eigenvalue weighted by molar-refractivity contribution is 7.91. The van der Waals surface area contributed by atoms with E-state index in [4.69, 9.17) is 0 Å². The van der Waals surface area contributed by atoms with E-state index in [0.29, 0.717) is 25.7 Å². The first-order chi connectivity index (χ1) is 14.8. The van der Waals surface area contributed by atoms with Crippen LogP contribution in [0.4, 0.5) is 18.9 Å². The summed E-state index contributed by atoms with van der Waals surface area (Å²) in [7, 11) is -3.59. The van der Waals surface area contributed by atoms with E-state index in [1.807, 2.05) is 4.90 Å². The van der Waals surface area contributed by atoms with Crippen molar-refractivity contribution in [1.29, 1.82) is 0 Å². The van der Waals surface area contributed by atoms with Gasteiger partial charge in [-0.3, -0.25) is 0 Å². The van der Waals surface area contributed by atoms with Crippen LogP contribution in [0.5, 0.6) is 0 Å². The van der Waals surface area contributed by atoms with Crippen molar-refractivity contribution in [3.63, 3.8) is 0 Å². The van der Waals surface area contributed by atoms with Crippen LogP contribution in [-0.2, 0) is 15.6 Å². The molecule has 0 saturated carbocycles. The van der Waals surface area contributed by atoms with Crippen molar-refractivity contribution in [2.45, 2.75) is 35.9 Å². The molecule has 2 N–H and O–H groups in total. The Kier molecular flexibility index (Phi) is 6.93. The molecule has 0 aliphatic carbocycles. The van der Waals surface area contributed by atoms with Crippen LogP contribution in [0.15, 0.2) is 39.9 Å². The summed E-state index contributed by atoms with van der Waals surface area (Å²) in [5.74, 6) is 5.21. The van der Waals surface area contributed by atoms with Crippen LogP contribution < -0.4 is 4.90 Å². The van der Waals surface area contributed by atoms with Crippen LogP contribution in [-0.4, -0.2) is 61.4 Å². The molecule has 0 radical (unpaired) electrons. The summed E-state index contributed by atoms with van der Waals surface area (Å²) in [5.41, 5.74) is -2.72. The molecular weight excluding hydrogens is 465 g/mol. The number of alkyl halides is 3. The van der Waals surface area contributed by atoms with Gasteiger partial charge in [0.05, 0.1) is 5.69 Å². The summed E-state index contributed by atoms with van der Waals surface area (Å²) in [6, 6.07) is 6.99. The van der Waals surface area contributed by atoms with Gasteiger partial charge in [-0.1, -0.05) is 24.0 Å². The first-order valence-electron chi connectivity index (χ1n) is 9.76. The molecule has 32 heavy (non-hydrogen) atoms. The summed E-state index contributed by atoms with van der Waals surface area (Å²) in [6.07, 6.45) is -5.88.